The lowest BCUT2D eigenvalue weighted by Crippen LogP contribution is -2.33. The number of phosphoric acid groups is 1. The summed E-state index contributed by atoms with van der Waals surface area (Å²) in [6.07, 6.45) is -2.85. The van der Waals surface area contributed by atoms with Crippen molar-refractivity contribution in [2.24, 2.45) is 0 Å². The summed E-state index contributed by atoms with van der Waals surface area (Å²) >= 11 is 0. The van der Waals surface area contributed by atoms with E-state index in [1.54, 1.807) is 0 Å². The molecule has 3 rings (SSSR count). The van der Waals surface area contributed by atoms with Gasteiger partial charge in [0.15, 0.2) is 17.4 Å². The average molecular weight is 348 g/mol. The van der Waals surface area contributed by atoms with Crippen LogP contribution in [0, 0.1) is 0 Å². The molecule has 0 amide bonds. The molecule has 3 heterocycles. The van der Waals surface area contributed by atoms with Crippen molar-refractivity contribution in [2.75, 3.05) is 6.61 Å². The van der Waals surface area contributed by atoms with Gasteiger partial charge in [-0.15, -0.1) is 0 Å². The van der Waals surface area contributed by atoms with Crippen LogP contribution in [0.5, 0.6) is 0 Å². The summed E-state index contributed by atoms with van der Waals surface area (Å²) in [6.45, 7) is -0.625. The number of aliphatic hydroxyl groups excluding tert-OH is 2. The van der Waals surface area contributed by atoms with Gasteiger partial charge in [0.1, 0.15) is 18.3 Å². The minimum atomic E-state index is -4.74. The maximum Gasteiger partial charge on any atom is 0.469 e. The lowest BCUT2D eigenvalue weighted by molar-refractivity contribution is -0.0504. The highest BCUT2D eigenvalue weighted by Crippen LogP contribution is 2.38. The van der Waals surface area contributed by atoms with Gasteiger partial charge >= 0.3 is 7.82 Å². The maximum atomic E-state index is 11.6. The first-order valence-electron chi connectivity index (χ1n) is 6.40. The van der Waals surface area contributed by atoms with Crippen LogP contribution in [0.25, 0.3) is 11.2 Å². The van der Waals surface area contributed by atoms with Gasteiger partial charge in [0, 0.05) is 0 Å². The van der Waals surface area contributed by atoms with Gasteiger partial charge in [0.25, 0.3) is 5.56 Å². The Bertz CT molecular complexity index is 815. The van der Waals surface area contributed by atoms with Crippen LogP contribution in [0.2, 0.25) is 0 Å². The van der Waals surface area contributed by atoms with Gasteiger partial charge in [0.2, 0.25) is 0 Å². The Kier molecular flexibility index (Phi) is 4.06. The summed E-state index contributed by atoms with van der Waals surface area (Å²) in [5, 5.41) is 20.0. The number of fused-ring (bicyclic) bond motifs is 1. The third-order valence-corrected chi connectivity index (χ3v) is 3.87. The third-order valence-electron chi connectivity index (χ3n) is 3.38. The number of aromatic nitrogens is 4. The molecule has 12 nitrogen and oxygen atoms in total. The van der Waals surface area contributed by atoms with Crippen LogP contribution in [0.15, 0.2) is 17.4 Å². The summed E-state index contributed by atoms with van der Waals surface area (Å²) in [5.74, 6) is 0. The molecule has 0 bridgehead atoms. The van der Waals surface area contributed by atoms with E-state index >= 15 is 0 Å². The molecule has 13 heteroatoms. The molecule has 0 aromatic carbocycles. The van der Waals surface area contributed by atoms with E-state index in [1.807, 2.05) is 0 Å². The number of H-pyrrole nitrogens is 1. The predicted octanol–water partition coefficient (Wildman–Crippen LogP) is -2.15. The summed E-state index contributed by atoms with van der Waals surface area (Å²) in [4.78, 5) is 39.1. The van der Waals surface area contributed by atoms with E-state index in [2.05, 4.69) is 19.5 Å². The zero-order chi connectivity index (χ0) is 16.8. The Labute approximate surface area is 127 Å². The van der Waals surface area contributed by atoms with E-state index in [0.29, 0.717) is 0 Å². The average Bonchev–Trinajstić information content (AvgIpc) is 3.01. The largest absolute Gasteiger partial charge is 0.469 e. The van der Waals surface area contributed by atoms with E-state index in [1.165, 1.54) is 10.9 Å². The van der Waals surface area contributed by atoms with E-state index in [9.17, 15) is 19.6 Å². The molecule has 2 unspecified atom stereocenters. The molecule has 0 aliphatic carbocycles. The number of rotatable bonds is 4. The topological polar surface area (TPSA) is 180 Å². The van der Waals surface area contributed by atoms with Crippen LogP contribution >= 0.6 is 7.82 Å². The van der Waals surface area contributed by atoms with Crippen molar-refractivity contribution in [3.8, 4) is 0 Å². The molecule has 0 radical (unpaired) electrons. The fraction of sp³-hybridized carbons (Fsp3) is 0.500. The lowest BCUT2D eigenvalue weighted by Gasteiger charge is -2.16. The van der Waals surface area contributed by atoms with Gasteiger partial charge in [0.05, 0.1) is 19.3 Å². The summed E-state index contributed by atoms with van der Waals surface area (Å²) in [5.41, 5.74) is -0.336. The first kappa shape index (κ1) is 16.2. The fourth-order valence-corrected chi connectivity index (χ4v) is 2.66. The molecule has 2 aromatic heterocycles. The Morgan fingerprint density at radius 3 is 2.78 bits per heavy atom. The fourth-order valence-electron chi connectivity index (χ4n) is 2.32. The molecule has 1 fully saturated rings. The second kappa shape index (κ2) is 5.76. The number of phosphoric ester groups is 1. The molecule has 1 saturated heterocycles. The number of nitrogens with one attached hydrogen (secondary N) is 1. The molecule has 23 heavy (non-hydrogen) atoms. The van der Waals surface area contributed by atoms with Crippen LogP contribution < -0.4 is 5.56 Å². The van der Waals surface area contributed by atoms with Gasteiger partial charge in [-0.1, -0.05) is 0 Å². The first-order chi connectivity index (χ1) is 10.8. The van der Waals surface area contributed by atoms with E-state index in [-0.39, 0.29) is 11.2 Å². The normalized spacial score (nSPS) is 28.5. The van der Waals surface area contributed by atoms with E-state index < -0.39 is 44.5 Å². The summed E-state index contributed by atoms with van der Waals surface area (Å²) in [7, 11) is -4.74. The molecule has 2 aromatic rings. The monoisotopic (exact) mass is 348 g/mol. The van der Waals surface area contributed by atoms with Crippen LogP contribution in [0.1, 0.15) is 6.23 Å². The van der Waals surface area contributed by atoms with Gasteiger partial charge in [-0.2, -0.15) is 0 Å². The maximum absolute atomic E-state index is 11.6. The molecule has 5 N–H and O–H groups in total. The minimum absolute atomic E-state index is 0.0210. The Morgan fingerprint density at radius 2 is 2.09 bits per heavy atom. The van der Waals surface area contributed by atoms with Gasteiger partial charge in [-0.3, -0.25) is 13.9 Å². The highest BCUT2D eigenvalue weighted by atomic mass is 31.2. The highest BCUT2D eigenvalue weighted by Gasteiger charge is 2.45. The zero-order valence-corrected chi connectivity index (χ0v) is 12.3. The second-order valence-corrected chi connectivity index (χ2v) is 6.13. The lowest BCUT2D eigenvalue weighted by atomic mass is 10.1. The molecule has 4 atom stereocenters. The van der Waals surface area contributed by atoms with Gasteiger partial charge in [-0.25, -0.2) is 14.5 Å². The molecule has 0 saturated carbocycles. The van der Waals surface area contributed by atoms with Crippen molar-refractivity contribution < 1.29 is 33.8 Å². The van der Waals surface area contributed by atoms with Gasteiger partial charge < -0.3 is 29.7 Å². The van der Waals surface area contributed by atoms with E-state index in [4.69, 9.17) is 14.5 Å². The number of aliphatic hydroxyl groups is 2. The third kappa shape index (κ3) is 3.05. The van der Waals surface area contributed by atoms with Crippen LogP contribution in [-0.2, 0) is 13.8 Å². The number of hydrogen-bond donors (Lipinski definition) is 5. The molecular formula is C10H13N4O8P. The number of aromatic amines is 1. The van der Waals surface area contributed by atoms with Crippen molar-refractivity contribution in [3.05, 3.63) is 23.0 Å². The van der Waals surface area contributed by atoms with Crippen molar-refractivity contribution in [3.63, 3.8) is 0 Å². The Balaban J connectivity index is 1.87. The molecule has 0 spiro atoms. The second-order valence-electron chi connectivity index (χ2n) is 4.89. The van der Waals surface area contributed by atoms with Crippen LogP contribution in [0.3, 0.4) is 0 Å². The van der Waals surface area contributed by atoms with Crippen LogP contribution in [-0.4, -0.2) is 64.4 Å². The molecule has 1 aliphatic rings. The highest BCUT2D eigenvalue weighted by molar-refractivity contribution is 7.46. The Hall–Kier alpha value is -1.66. The van der Waals surface area contributed by atoms with Crippen molar-refractivity contribution in [1.82, 2.24) is 19.5 Å². The van der Waals surface area contributed by atoms with Crippen LogP contribution in [0.4, 0.5) is 0 Å². The van der Waals surface area contributed by atoms with Crippen molar-refractivity contribution in [2.45, 2.75) is 24.5 Å². The first-order valence-corrected chi connectivity index (χ1v) is 7.93. The smallest absolute Gasteiger partial charge is 0.387 e. The summed E-state index contributed by atoms with van der Waals surface area (Å²) in [6, 6.07) is 0. The molecular weight excluding hydrogens is 335 g/mol. The minimum Gasteiger partial charge on any atom is -0.387 e. The number of ether oxygens (including phenoxy) is 1. The van der Waals surface area contributed by atoms with E-state index in [0.717, 1.165) is 6.33 Å². The van der Waals surface area contributed by atoms with Gasteiger partial charge in [-0.05, 0) is 0 Å². The number of nitrogens with zero attached hydrogens (tertiary/aromatic N) is 3. The SMILES string of the molecule is O=c1[nH]cnc2c1ncn2C1O[C@H](COP(=O)(O)O)C(O)[C@H]1O. The molecule has 1 aliphatic heterocycles. The Morgan fingerprint density at radius 1 is 1.35 bits per heavy atom. The summed E-state index contributed by atoms with van der Waals surface area (Å²) < 4.78 is 21.6. The van der Waals surface area contributed by atoms with Crippen molar-refractivity contribution in [1.29, 1.82) is 0 Å². The van der Waals surface area contributed by atoms with Crippen molar-refractivity contribution >= 4 is 19.0 Å². The quantitative estimate of drug-likeness (QED) is 0.382. The number of hydrogen-bond acceptors (Lipinski definition) is 8. The standard InChI is InChI=1S/C10H13N4O8P/c15-6-4(1-21-23(18,19)20)22-10(7(6)16)14-3-13-5-8(14)11-2-12-9(5)17/h2-4,6-7,10,15-16H,1H2,(H,11,12,17)(H2,18,19,20)/t4-,6?,7-,10?/m1/s1. The predicted molar refractivity (Wildman–Crippen MR) is 72.1 cm³/mol. The molecule has 126 valence electrons. The zero-order valence-electron chi connectivity index (χ0n) is 11.4. The number of imidazole rings is 1.